The first-order valence-corrected chi connectivity index (χ1v) is 15.3. The first-order valence-electron chi connectivity index (χ1n) is 15.3. The molecule has 4 amide bonds. The number of carbonyl (C=O) groups excluding carboxylic acids is 3. The molecule has 47 heavy (non-hydrogen) atoms. The fourth-order valence-corrected chi connectivity index (χ4v) is 5.81. The van der Waals surface area contributed by atoms with Crippen molar-refractivity contribution < 1.29 is 42.9 Å². The molecule has 2 aliphatic heterocycles. The van der Waals surface area contributed by atoms with Gasteiger partial charge in [0.2, 0.25) is 11.8 Å². The topological polar surface area (TPSA) is 173 Å². The second-order valence-corrected chi connectivity index (χ2v) is 12.8. The number of nitrogens with zero attached hydrogens (tertiary/aromatic N) is 4. The van der Waals surface area contributed by atoms with Gasteiger partial charge in [0, 0.05) is 47.9 Å². The van der Waals surface area contributed by atoms with Crippen molar-refractivity contribution in [2.45, 2.75) is 58.7 Å². The van der Waals surface area contributed by atoms with Crippen LogP contribution in [0.3, 0.4) is 0 Å². The van der Waals surface area contributed by atoms with Gasteiger partial charge in [0.25, 0.3) is 0 Å². The summed E-state index contributed by atoms with van der Waals surface area (Å²) in [5.74, 6) is -0.682. The second-order valence-electron chi connectivity index (χ2n) is 12.8. The molecular formula is C32H35FN6O8. The first kappa shape index (κ1) is 31.8. The van der Waals surface area contributed by atoms with E-state index in [1.165, 1.54) is 24.5 Å². The van der Waals surface area contributed by atoms with Gasteiger partial charge < -0.3 is 24.2 Å². The van der Waals surface area contributed by atoms with Gasteiger partial charge in [-0.2, -0.15) is 0 Å². The molecule has 0 atom stereocenters. The standard InChI is InChI=1S/C32H35FN6O8/c1-16-21(14-35-27-26(16)39(31(43)44)8-9-45-27)20-12-17-13-23(34-15-22(17)25(24(20)33)37-30(42)47-32(2,3)4)36-29(41)46-19-10-18(11-19)28(40)38-6-5-7-38/h12-15,18-19H,5-11H2,1-4H3,(H,37,42)(H,43,44)(H,34,36,41)/t18-,19+. The second kappa shape index (κ2) is 12.2. The summed E-state index contributed by atoms with van der Waals surface area (Å²) in [5, 5.41) is 15.5. The third kappa shape index (κ3) is 6.42. The van der Waals surface area contributed by atoms with Gasteiger partial charge in [0.1, 0.15) is 29.8 Å². The molecule has 3 aromatic rings. The van der Waals surface area contributed by atoms with Crippen LogP contribution in [0.15, 0.2) is 24.5 Å². The summed E-state index contributed by atoms with van der Waals surface area (Å²) in [6.45, 7) is 8.35. The molecule has 2 aromatic heterocycles. The molecule has 248 valence electrons. The number of amides is 4. The Morgan fingerprint density at radius 3 is 2.43 bits per heavy atom. The number of anilines is 3. The highest BCUT2D eigenvalue weighted by molar-refractivity contribution is 6.05. The number of aromatic nitrogens is 2. The molecule has 0 unspecified atom stereocenters. The molecule has 1 aromatic carbocycles. The van der Waals surface area contributed by atoms with Crippen molar-refractivity contribution in [1.29, 1.82) is 0 Å². The van der Waals surface area contributed by atoms with Crippen LogP contribution in [0.4, 0.5) is 36.0 Å². The molecule has 6 rings (SSSR count). The lowest BCUT2D eigenvalue weighted by atomic mass is 9.81. The fraction of sp³-hybridized carbons (Fsp3) is 0.438. The van der Waals surface area contributed by atoms with E-state index in [0.717, 1.165) is 24.4 Å². The van der Waals surface area contributed by atoms with Gasteiger partial charge in [0.15, 0.2) is 5.82 Å². The zero-order chi connectivity index (χ0) is 33.6. The Bertz CT molecular complexity index is 1780. The van der Waals surface area contributed by atoms with Gasteiger partial charge in [-0.05, 0) is 70.0 Å². The van der Waals surface area contributed by atoms with Gasteiger partial charge >= 0.3 is 18.3 Å². The predicted molar refractivity (Wildman–Crippen MR) is 168 cm³/mol. The number of fused-ring (bicyclic) bond motifs is 2. The molecule has 1 saturated carbocycles. The fourth-order valence-electron chi connectivity index (χ4n) is 5.81. The number of rotatable bonds is 5. The van der Waals surface area contributed by atoms with Crippen LogP contribution >= 0.6 is 0 Å². The summed E-state index contributed by atoms with van der Waals surface area (Å²) in [6, 6.07) is 2.98. The van der Waals surface area contributed by atoms with E-state index in [9.17, 15) is 24.3 Å². The molecule has 2 fully saturated rings. The van der Waals surface area contributed by atoms with Crippen molar-refractivity contribution in [2.24, 2.45) is 5.92 Å². The third-order valence-electron chi connectivity index (χ3n) is 8.32. The number of hydrogen-bond donors (Lipinski definition) is 3. The maximum Gasteiger partial charge on any atom is 0.413 e. The molecule has 4 heterocycles. The summed E-state index contributed by atoms with van der Waals surface area (Å²) >= 11 is 0. The average Bonchev–Trinajstić information content (AvgIpc) is 2.94. The van der Waals surface area contributed by atoms with E-state index in [2.05, 4.69) is 20.6 Å². The van der Waals surface area contributed by atoms with Crippen LogP contribution in [0.5, 0.6) is 5.88 Å². The molecule has 1 saturated heterocycles. The summed E-state index contributed by atoms with van der Waals surface area (Å²) < 4.78 is 32.8. The quantitative estimate of drug-likeness (QED) is 0.319. The molecule has 1 aliphatic carbocycles. The molecule has 3 aliphatic rings. The highest BCUT2D eigenvalue weighted by atomic mass is 19.1. The van der Waals surface area contributed by atoms with Crippen LogP contribution < -0.4 is 20.3 Å². The number of benzene rings is 1. The van der Waals surface area contributed by atoms with Crippen molar-refractivity contribution >= 4 is 52.2 Å². The van der Waals surface area contributed by atoms with Crippen LogP contribution in [-0.4, -0.2) is 82.1 Å². The number of halogens is 1. The summed E-state index contributed by atoms with van der Waals surface area (Å²) in [5.41, 5.74) is -0.271. The van der Waals surface area contributed by atoms with Crippen LogP contribution in [0.1, 0.15) is 45.6 Å². The first-order chi connectivity index (χ1) is 22.3. The smallest absolute Gasteiger partial charge is 0.413 e. The van der Waals surface area contributed by atoms with E-state index in [1.807, 2.05) is 0 Å². The van der Waals surface area contributed by atoms with Crippen LogP contribution in [0.2, 0.25) is 0 Å². The Kier molecular flexibility index (Phi) is 8.24. The predicted octanol–water partition coefficient (Wildman–Crippen LogP) is 5.53. The van der Waals surface area contributed by atoms with E-state index >= 15 is 4.39 Å². The third-order valence-corrected chi connectivity index (χ3v) is 8.32. The normalized spacial score (nSPS) is 18.7. The number of carbonyl (C=O) groups is 4. The van der Waals surface area contributed by atoms with Crippen LogP contribution in [-0.2, 0) is 14.3 Å². The van der Waals surface area contributed by atoms with E-state index < -0.39 is 35.8 Å². The molecular weight excluding hydrogens is 615 g/mol. The van der Waals surface area contributed by atoms with Gasteiger partial charge in [-0.15, -0.1) is 0 Å². The molecule has 14 nitrogen and oxygen atoms in total. The Balaban J connectivity index is 1.31. The summed E-state index contributed by atoms with van der Waals surface area (Å²) in [7, 11) is 0. The van der Waals surface area contributed by atoms with Crippen molar-refractivity contribution in [3.8, 4) is 17.0 Å². The summed E-state index contributed by atoms with van der Waals surface area (Å²) in [6.07, 6.45) is 1.32. The van der Waals surface area contributed by atoms with Crippen molar-refractivity contribution in [3.63, 3.8) is 0 Å². The lowest BCUT2D eigenvalue weighted by Crippen LogP contribution is -2.50. The minimum absolute atomic E-state index is 0.000577. The number of ether oxygens (including phenoxy) is 3. The number of carboxylic acid groups (broad SMARTS) is 1. The Morgan fingerprint density at radius 2 is 1.77 bits per heavy atom. The molecule has 15 heteroatoms. The Hall–Kier alpha value is -5.21. The van der Waals surface area contributed by atoms with Crippen molar-refractivity contribution in [2.75, 3.05) is 41.8 Å². The molecule has 0 radical (unpaired) electrons. The van der Waals surface area contributed by atoms with E-state index in [-0.39, 0.29) is 64.6 Å². The Morgan fingerprint density at radius 1 is 1.02 bits per heavy atom. The number of likely N-dealkylation sites (tertiary alicyclic amines) is 1. The lowest BCUT2D eigenvalue weighted by Gasteiger charge is -2.40. The maximum atomic E-state index is 16.4. The van der Waals surface area contributed by atoms with Crippen LogP contribution in [0.25, 0.3) is 21.9 Å². The molecule has 0 spiro atoms. The highest BCUT2D eigenvalue weighted by Gasteiger charge is 2.40. The number of pyridine rings is 2. The monoisotopic (exact) mass is 650 g/mol. The molecule has 3 N–H and O–H groups in total. The minimum Gasteiger partial charge on any atom is -0.474 e. The zero-order valence-electron chi connectivity index (χ0n) is 26.4. The lowest BCUT2D eigenvalue weighted by molar-refractivity contribution is -0.145. The highest BCUT2D eigenvalue weighted by Crippen LogP contribution is 2.42. The Labute approximate surface area is 269 Å². The van der Waals surface area contributed by atoms with Gasteiger partial charge in [-0.1, -0.05) is 0 Å². The summed E-state index contributed by atoms with van der Waals surface area (Å²) in [4.78, 5) is 61.3. The van der Waals surface area contributed by atoms with Gasteiger partial charge in [-0.25, -0.2) is 28.7 Å². The van der Waals surface area contributed by atoms with Gasteiger partial charge in [-0.3, -0.25) is 20.3 Å². The van der Waals surface area contributed by atoms with Crippen molar-refractivity contribution in [1.82, 2.24) is 14.9 Å². The largest absolute Gasteiger partial charge is 0.474 e. The van der Waals surface area contributed by atoms with Crippen LogP contribution in [0, 0.1) is 18.7 Å². The molecule has 0 bridgehead atoms. The van der Waals surface area contributed by atoms with E-state index in [4.69, 9.17) is 14.2 Å². The number of hydrogen-bond acceptors (Lipinski definition) is 9. The van der Waals surface area contributed by atoms with Crippen molar-refractivity contribution in [3.05, 3.63) is 35.9 Å². The average molecular weight is 651 g/mol. The van der Waals surface area contributed by atoms with Gasteiger partial charge in [0.05, 0.1) is 12.2 Å². The van der Waals surface area contributed by atoms with E-state index in [1.54, 1.807) is 32.6 Å². The minimum atomic E-state index is -1.21. The number of nitrogens with one attached hydrogen (secondary N) is 2. The van der Waals surface area contributed by atoms with E-state index in [0.29, 0.717) is 23.8 Å². The SMILES string of the molecule is Cc1c(-c2cc3cc(NC(=O)O[C@H]4C[C@@H](C(=O)N5CCC5)C4)ncc3c(NC(=O)OC(C)(C)C)c2F)cnc2c1N(C(=O)O)CCO2. The zero-order valence-corrected chi connectivity index (χ0v) is 26.4. The maximum absolute atomic E-state index is 16.4.